The van der Waals surface area contributed by atoms with Gasteiger partial charge >= 0.3 is 0 Å². The van der Waals surface area contributed by atoms with Crippen molar-refractivity contribution in [1.29, 1.82) is 0 Å². The van der Waals surface area contributed by atoms with Gasteiger partial charge in [0.2, 0.25) is 0 Å². The Bertz CT molecular complexity index is 1140. The molecule has 1 aliphatic heterocycles. The van der Waals surface area contributed by atoms with Crippen LogP contribution in [0.25, 0.3) is 0 Å². The van der Waals surface area contributed by atoms with E-state index in [0.29, 0.717) is 6.42 Å². The van der Waals surface area contributed by atoms with Gasteiger partial charge in [0.15, 0.2) is 0 Å². The van der Waals surface area contributed by atoms with Crippen LogP contribution in [-0.2, 0) is 4.79 Å². The van der Waals surface area contributed by atoms with E-state index in [9.17, 15) is 9.18 Å². The van der Waals surface area contributed by atoms with Crippen LogP contribution in [0.15, 0.2) is 89.5 Å². The zero-order valence-corrected chi connectivity index (χ0v) is 17.5. The molecule has 2 nitrogen and oxygen atoms in total. The number of hydrogen-bond donors (Lipinski definition) is 1. The summed E-state index contributed by atoms with van der Waals surface area (Å²) in [5, 5.41) is 3.58. The lowest BCUT2D eigenvalue weighted by Gasteiger charge is -2.32. The zero-order chi connectivity index (χ0) is 20.7. The average Bonchev–Trinajstić information content (AvgIpc) is 2.91. The lowest BCUT2D eigenvalue weighted by atomic mass is 9.78. The summed E-state index contributed by atoms with van der Waals surface area (Å²) in [7, 11) is 0. The van der Waals surface area contributed by atoms with Gasteiger partial charge in [0.1, 0.15) is 11.6 Å². The Morgan fingerprint density at radius 2 is 1.70 bits per heavy atom. The van der Waals surface area contributed by atoms with Crippen molar-refractivity contribution in [3.63, 3.8) is 0 Å². The van der Waals surface area contributed by atoms with Crippen LogP contribution in [0.2, 0.25) is 0 Å². The van der Waals surface area contributed by atoms with Crippen LogP contribution in [0.3, 0.4) is 0 Å². The van der Waals surface area contributed by atoms with E-state index >= 15 is 0 Å². The van der Waals surface area contributed by atoms with Crippen molar-refractivity contribution in [3.05, 3.63) is 107 Å². The van der Waals surface area contributed by atoms with Crippen molar-refractivity contribution < 1.29 is 9.18 Å². The molecule has 0 saturated heterocycles. The van der Waals surface area contributed by atoms with Crippen LogP contribution in [-0.4, -0.2) is 5.78 Å². The molecule has 0 amide bonds. The fourth-order valence-electron chi connectivity index (χ4n) is 4.45. The normalized spacial score (nSPS) is 22.9. The van der Waals surface area contributed by atoms with E-state index in [1.807, 2.05) is 24.3 Å². The largest absolute Gasteiger partial charge is 0.358 e. The second kappa shape index (κ2) is 7.77. The number of nitrogens with one attached hydrogen (secondary N) is 1. The highest BCUT2D eigenvalue weighted by molar-refractivity contribution is 7.99. The Labute approximate surface area is 180 Å². The number of carbonyl (C=O) groups excluding carboxylic acids is 1. The highest BCUT2D eigenvalue weighted by Crippen LogP contribution is 2.52. The molecule has 0 fully saturated rings. The first-order chi connectivity index (χ1) is 14.6. The smallest absolute Gasteiger partial charge is 0.144 e. The Morgan fingerprint density at radius 1 is 0.967 bits per heavy atom. The van der Waals surface area contributed by atoms with Crippen LogP contribution in [0.1, 0.15) is 34.3 Å². The van der Waals surface area contributed by atoms with Gasteiger partial charge < -0.3 is 5.32 Å². The minimum Gasteiger partial charge on any atom is -0.358 e. The van der Waals surface area contributed by atoms with Gasteiger partial charge in [0.05, 0.1) is 11.6 Å². The molecule has 1 aliphatic carbocycles. The number of anilines is 1. The van der Waals surface area contributed by atoms with Gasteiger partial charge in [-0.25, -0.2) is 4.39 Å². The SMILES string of the molecule is Cc1ccccc1[C@H]1Sc2ccccc2NC2=C[C@@H](c3ccc(F)cc3)CC(=O)[C@@H]21. The molecule has 4 heteroatoms. The second-order valence-corrected chi connectivity index (χ2v) is 9.13. The van der Waals surface area contributed by atoms with E-state index in [-0.39, 0.29) is 28.7 Å². The first kappa shape index (κ1) is 19.1. The zero-order valence-electron chi connectivity index (χ0n) is 16.6. The Morgan fingerprint density at radius 3 is 2.50 bits per heavy atom. The van der Waals surface area contributed by atoms with Gasteiger partial charge in [0.25, 0.3) is 0 Å². The fraction of sp³-hybridized carbons (Fsp3) is 0.192. The maximum atomic E-state index is 13.5. The molecule has 0 spiro atoms. The summed E-state index contributed by atoms with van der Waals surface area (Å²) in [4.78, 5) is 14.7. The number of ketones is 1. The summed E-state index contributed by atoms with van der Waals surface area (Å²) in [6, 6.07) is 23.0. The summed E-state index contributed by atoms with van der Waals surface area (Å²) in [5.74, 6) is -0.323. The quantitative estimate of drug-likeness (QED) is 0.508. The average molecular weight is 416 g/mol. The number of hydrogen-bond acceptors (Lipinski definition) is 3. The van der Waals surface area contributed by atoms with Gasteiger partial charge in [-0.3, -0.25) is 4.79 Å². The van der Waals surface area contributed by atoms with E-state index < -0.39 is 0 Å². The fourth-order valence-corrected chi connectivity index (χ4v) is 5.96. The molecule has 0 radical (unpaired) electrons. The Balaban J connectivity index is 1.63. The lowest BCUT2D eigenvalue weighted by molar-refractivity contribution is -0.122. The molecule has 3 aromatic rings. The predicted molar refractivity (Wildman–Crippen MR) is 120 cm³/mol. The standard InChI is InChI=1S/C26H22FNOS/c1-16-6-2-3-7-20(16)26-25-22(28-21-8-4-5-9-24(21)30-26)14-18(15-23(25)29)17-10-12-19(27)13-11-17/h2-14,18,25-26,28H,15H2,1H3/t18-,25-,26-/m1/s1. The molecular weight excluding hydrogens is 393 g/mol. The number of halogens is 1. The molecule has 2 aliphatic rings. The van der Waals surface area contributed by atoms with E-state index in [1.54, 1.807) is 23.9 Å². The number of para-hydroxylation sites is 1. The maximum absolute atomic E-state index is 13.5. The molecule has 3 aromatic carbocycles. The third-order valence-electron chi connectivity index (χ3n) is 6.00. The first-order valence-electron chi connectivity index (χ1n) is 10.2. The van der Waals surface area contributed by atoms with Crippen LogP contribution in [0, 0.1) is 18.7 Å². The minimum absolute atomic E-state index is 0.00951. The molecule has 150 valence electrons. The molecule has 3 atom stereocenters. The van der Waals surface area contributed by atoms with E-state index in [0.717, 1.165) is 21.8 Å². The molecule has 1 heterocycles. The molecule has 0 aromatic heterocycles. The molecule has 0 unspecified atom stereocenters. The Hall–Kier alpha value is -2.85. The predicted octanol–water partition coefficient (Wildman–Crippen LogP) is 6.65. The molecule has 30 heavy (non-hydrogen) atoms. The number of thioether (sulfide) groups is 1. The number of Topliss-reactive ketones (excluding diaryl/α,β-unsaturated/α-hetero) is 1. The van der Waals surface area contributed by atoms with Gasteiger partial charge in [-0.2, -0.15) is 0 Å². The van der Waals surface area contributed by atoms with Crippen molar-refractivity contribution in [1.82, 2.24) is 0 Å². The summed E-state index contributed by atoms with van der Waals surface area (Å²) >= 11 is 1.76. The third kappa shape index (κ3) is 3.46. The van der Waals surface area contributed by atoms with Gasteiger partial charge in [-0.05, 0) is 47.9 Å². The number of rotatable bonds is 2. The van der Waals surface area contributed by atoms with Crippen LogP contribution in [0.4, 0.5) is 10.1 Å². The van der Waals surface area contributed by atoms with Crippen LogP contribution < -0.4 is 5.32 Å². The number of aryl methyl sites for hydroxylation is 1. The summed E-state index contributed by atoms with van der Waals surface area (Å²) in [6.45, 7) is 2.11. The van der Waals surface area contributed by atoms with Gasteiger partial charge in [0, 0.05) is 28.2 Å². The monoisotopic (exact) mass is 415 g/mol. The van der Waals surface area contributed by atoms with Crippen molar-refractivity contribution >= 4 is 23.2 Å². The number of allylic oxidation sites excluding steroid dienone is 2. The first-order valence-corrected chi connectivity index (χ1v) is 11.1. The topological polar surface area (TPSA) is 29.1 Å². The third-order valence-corrected chi connectivity index (χ3v) is 7.39. The van der Waals surface area contributed by atoms with Crippen LogP contribution >= 0.6 is 11.8 Å². The van der Waals surface area contributed by atoms with E-state index in [4.69, 9.17) is 0 Å². The summed E-state index contributed by atoms with van der Waals surface area (Å²) < 4.78 is 13.4. The van der Waals surface area contributed by atoms with Crippen molar-refractivity contribution in [3.8, 4) is 0 Å². The van der Waals surface area contributed by atoms with E-state index in [2.05, 4.69) is 42.6 Å². The summed E-state index contributed by atoms with van der Waals surface area (Å²) in [6.07, 6.45) is 2.61. The Kier molecular flexibility index (Phi) is 4.95. The lowest BCUT2D eigenvalue weighted by Crippen LogP contribution is -2.30. The maximum Gasteiger partial charge on any atom is 0.144 e. The number of benzene rings is 3. The molecule has 0 saturated carbocycles. The highest BCUT2D eigenvalue weighted by atomic mass is 32.2. The van der Waals surface area contributed by atoms with E-state index in [1.165, 1.54) is 23.3 Å². The molecule has 0 bridgehead atoms. The summed E-state index contributed by atoms with van der Waals surface area (Å²) in [5.41, 5.74) is 5.34. The molecular formula is C26H22FNOS. The minimum atomic E-state index is -0.260. The second-order valence-electron chi connectivity index (χ2n) is 7.94. The van der Waals surface area contributed by atoms with Crippen molar-refractivity contribution in [2.24, 2.45) is 5.92 Å². The highest BCUT2D eigenvalue weighted by Gasteiger charge is 2.40. The molecule has 5 rings (SSSR count). The van der Waals surface area contributed by atoms with Crippen molar-refractivity contribution in [2.45, 2.75) is 29.4 Å². The van der Waals surface area contributed by atoms with Gasteiger partial charge in [-0.15, -0.1) is 11.8 Å². The van der Waals surface area contributed by atoms with Crippen LogP contribution in [0.5, 0.6) is 0 Å². The molecule has 1 N–H and O–H groups in total. The van der Waals surface area contributed by atoms with Crippen molar-refractivity contribution in [2.75, 3.05) is 5.32 Å². The number of carbonyl (C=O) groups is 1. The van der Waals surface area contributed by atoms with Gasteiger partial charge in [-0.1, -0.05) is 54.6 Å². The number of fused-ring (bicyclic) bond motifs is 2.